The predicted octanol–water partition coefficient (Wildman–Crippen LogP) is 1.25. The van der Waals surface area contributed by atoms with Crippen LogP contribution in [-0.2, 0) is 9.59 Å². The van der Waals surface area contributed by atoms with E-state index >= 15 is 0 Å². The third kappa shape index (κ3) is 1.01. The van der Waals surface area contributed by atoms with E-state index < -0.39 is 0 Å². The topological polar surface area (TPSA) is 34.1 Å². The maximum Gasteiger partial charge on any atom is 0.159 e. The summed E-state index contributed by atoms with van der Waals surface area (Å²) in [5.74, 6) is 0.157. The number of allylic oxidation sites excluding steroid dienone is 2. The van der Waals surface area contributed by atoms with E-state index in [1.54, 1.807) is 0 Å². The van der Waals surface area contributed by atoms with Gasteiger partial charge < -0.3 is 0 Å². The van der Waals surface area contributed by atoms with Gasteiger partial charge in [0.1, 0.15) is 6.29 Å². The largest absolute Gasteiger partial charge is 0.298 e. The van der Waals surface area contributed by atoms with Crippen molar-refractivity contribution in [1.82, 2.24) is 0 Å². The van der Waals surface area contributed by atoms with Crippen molar-refractivity contribution in [2.24, 2.45) is 0 Å². The van der Waals surface area contributed by atoms with Crippen LogP contribution >= 0.6 is 0 Å². The molecular weight excluding hydrogens is 128 g/mol. The van der Waals surface area contributed by atoms with E-state index in [0.29, 0.717) is 24.8 Å². The van der Waals surface area contributed by atoms with Gasteiger partial charge in [0.05, 0.1) is 0 Å². The Morgan fingerprint density at radius 3 is 2.60 bits per heavy atom. The van der Waals surface area contributed by atoms with Crippen LogP contribution in [0.1, 0.15) is 26.2 Å². The fourth-order valence-corrected chi connectivity index (χ4v) is 1.28. The number of carbonyl (C=O) groups excluding carboxylic acids is 2. The van der Waals surface area contributed by atoms with Crippen LogP contribution in [0.4, 0.5) is 0 Å². The minimum absolute atomic E-state index is 0.157. The van der Waals surface area contributed by atoms with Crippen LogP contribution in [0.3, 0.4) is 0 Å². The highest BCUT2D eigenvalue weighted by Gasteiger charge is 2.20. The Hall–Kier alpha value is -0.920. The normalized spacial score (nSPS) is 18.3. The van der Waals surface area contributed by atoms with Crippen LogP contribution in [0.15, 0.2) is 11.1 Å². The van der Waals surface area contributed by atoms with Crippen LogP contribution < -0.4 is 0 Å². The molecule has 0 amide bonds. The van der Waals surface area contributed by atoms with E-state index in [0.717, 1.165) is 11.9 Å². The second-order valence-corrected chi connectivity index (χ2v) is 2.40. The summed E-state index contributed by atoms with van der Waals surface area (Å²) in [5, 5.41) is 0. The van der Waals surface area contributed by atoms with E-state index in [9.17, 15) is 9.59 Å². The first-order valence-electron chi connectivity index (χ1n) is 3.50. The molecule has 0 N–H and O–H groups in total. The third-order valence-electron chi connectivity index (χ3n) is 1.84. The molecule has 0 aromatic rings. The Balaban J connectivity index is 2.91. The summed E-state index contributed by atoms with van der Waals surface area (Å²) < 4.78 is 0. The number of rotatable bonds is 2. The van der Waals surface area contributed by atoms with Gasteiger partial charge in [0, 0.05) is 12.0 Å². The van der Waals surface area contributed by atoms with Gasteiger partial charge in [0.15, 0.2) is 5.78 Å². The van der Waals surface area contributed by atoms with Crippen LogP contribution in [0.2, 0.25) is 0 Å². The van der Waals surface area contributed by atoms with Crippen LogP contribution in [0, 0.1) is 0 Å². The minimum Gasteiger partial charge on any atom is -0.298 e. The summed E-state index contributed by atoms with van der Waals surface area (Å²) in [4.78, 5) is 21.3. The molecule has 2 nitrogen and oxygen atoms in total. The molecular formula is C8H10O2. The highest BCUT2D eigenvalue weighted by molar-refractivity contribution is 6.03. The summed E-state index contributed by atoms with van der Waals surface area (Å²) in [6.07, 6.45) is 2.71. The lowest BCUT2D eigenvalue weighted by atomic mass is 10.1. The van der Waals surface area contributed by atoms with Crippen molar-refractivity contribution in [3.05, 3.63) is 11.1 Å². The Bertz CT molecular complexity index is 201. The van der Waals surface area contributed by atoms with Gasteiger partial charge in [0.2, 0.25) is 0 Å². The molecule has 0 saturated heterocycles. The van der Waals surface area contributed by atoms with E-state index in [-0.39, 0.29) is 5.78 Å². The average molecular weight is 138 g/mol. The van der Waals surface area contributed by atoms with Crippen molar-refractivity contribution in [2.75, 3.05) is 0 Å². The van der Waals surface area contributed by atoms with Gasteiger partial charge in [-0.05, 0) is 18.4 Å². The fraction of sp³-hybridized carbons (Fsp3) is 0.500. The van der Waals surface area contributed by atoms with Crippen LogP contribution in [-0.4, -0.2) is 12.1 Å². The molecule has 1 rings (SSSR count). The van der Waals surface area contributed by atoms with Crippen LogP contribution in [0.25, 0.3) is 0 Å². The van der Waals surface area contributed by atoms with Crippen molar-refractivity contribution in [2.45, 2.75) is 26.2 Å². The molecule has 0 heterocycles. The maximum absolute atomic E-state index is 11.0. The monoisotopic (exact) mass is 138 g/mol. The number of aldehydes is 1. The maximum atomic E-state index is 11.0. The highest BCUT2D eigenvalue weighted by Crippen LogP contribution is 2.22. The van der Waals surface area contributed by atoms with E-state index in [4.69, 9.17) is 0 Å². The molecule has 1 aliphatic carbocycles. The number of Topliss-reactive ketones (excluding diaryl/α,β-unsaturated/α-hetero) is 1. The summed E-state index contributed by atoms with van der Waals surface area (Å²) >= 11 is 0. The summed E-state index contributed by atoms with van der Waals surface area (Å²) in [6.45, 7) is 1.90. The SMILES string of the molecule is CCC1=C(C=O)CCC1=O. The van der Waals surface area contributed by atoms with Crippen LogP contribution in [0.5, 0.6) is 0 Å². The molecule has 0 fully saturated rings. The smallest absolute Gasteiger partial charge is 0.159 e. The van der Waals surface area contributed by atoms with Gasteiger partial charge in [-0.3, -0.25) is 9.59 Å². The molecule has 1 aliphatic rings. The molecule has 2 heteroatoms. The molecule has 0 radical (unpaired) electrons. The zero-order valence-electron chi connectivity index (χ0n) is 6.02. The highest BCUT2D eigenvalue weighted by atomic mass is 16.1. The lowest BCUT2D eigenvalue weighted by molar-refractivity contribution is -0.115. The molecule has 0 spiro atoms. The standard InChI is InChI=1S/C8H10O2/c1-2-7-6(5-9)3-4-8(7)10/h5H,2-4H2,1H3. The van der Waals surface area contributed by atoms with Crippen molar-refractivity contribution < 1.29 is 9.59 Å². The lowest BCUT2D eigenvalue weighted by Gasteiger charge is -1.92. The average Bonchev–Trinajstić information content (AvgIpc) is 2.30. The van der Waals surface area contributed by atoms with Crippen molar-refractivity contribution in [3.63, 3.8) is 0 Å². The fourth-order valence-electron chi connectivity index (χ4n) is 1.28. The van der Waals surface area contributed by atoms with Gasteiger partial charge in [-0.2, -0.15) is 0 Å². The third-order valence-corrected chi connectivity index (χ3v) is 1.84. The second kappa shape index (κ2) is 2.78. The van der Waals surface area contributed by atoms with E-state index in [1.807, 2.05) is 6.92 Å². The second-order valence-electron chi connectivity index (χ2n) is 2.40. The zero-order valence-corrected chi connectivity index (χ0v) is 6.02. The van der Waals surface area contributed by atoms with Crippen molar-refractivity contribution in [3.8, 4) is 0 Å². The number of hydrogen-bond acceptors (Lipinski definition) is 2. The molecule has 10 heavy (non-hydrogen) atoms. The van der Waals surface area contributed by atoms with Crippen molar-refractivity contribution >= 4 is 12.1 Å². The van der Waals surface area contributed by atoms with E-state index in [1.165, 1.54) is 0 Å². The van der Waals surface area contributed by atoms with Gasteiger partial charge in [-0.15, -0.1) is 0 Å². The minimum atomic E-state index is 0.157. The number of carbonyl (C=O) groups is 2. The molecule has 0 saturated carbocycles. The quantitative estimate of drug-likeness (QED) is 0.538. The summed E-state index contributed by atoms with van der Waals surface area (Å²) in [6, 6.07) is 0. The number of ketones is 1. The first kappa shape index (κ1) is 7.19. The van der Waals surface area contributed by atoms with Gasteiger partial charge >= 0.3 is 0 Å². The predicted molar refractivity (Wildman–Crippen MR) is 37.6 cm³/mol. The number of hydrogen-bond donors (Lipinski definition) is 0. The molecule has 0 atom stereocenters. The first-order chi connectivity index (χ1) is 4.79. The van der Waals surface area contributed by atoms with Gasteiger partial charge in [0.25, 0.3) is 0 Å². The molecule has 0 aromatic heterocycles. The first-order valence-corrected chi connectivity index (χ1v) is 3.50. The van der Waals surface area contributed by atoms with Gasteiger partial charge in [-0.25, -0.2) is 0 Å². The Morgan fingerprint density at radius 2 is 2.20 bits per heavy atom. The summed E-state index contributed by atoms with van der Waals surface area (Å²) in [7, 11) is 0. The molecule has 0 aromatic carbocycles. The van der Waals surface area contributed by atoms with Crippen molar-refractivity contribution in [1.29, 1.82) is 0 Å². The molecule has 0 bridgehead atoms. The Morgan fingerprint density at radius 1 is 1.50 bits per heavy atom. The lowest BCUT2D eigenvalue weighted by Crippen LogP contribution is -1.94. The Labute approximate surface area is 59.9 Å². The zero-order chi connectivity index (χ0) is 7.56. The van der Waals surface area contributed by atoms with E-state index in [2.05, 4.69) is 0 Å². The molecule has 0 unspecified atom stereocenters. The van der Waals surface area contributed by atoms with Gasteiger partial charge in [-0.1, -0.05) is 6.92 Å². The molecule has 54 valence electrons. The molecule has 0 aliphatic heterocycles. The Kier molecular flexibility index (Phi) is 2.00. The summed E-state index contributed by atoms with van der Waals surface area (Å²) in [5.41, 5.74) is 1.46.